The summed E-state index contributed by atoms with van der Waals surface area (Å²) in [5.74, 6) is 1.79. The van der Waals surface area contributed by atoms with Gasteiger partial charge in [-0.2, -0.15) is 0 Å². The van der Waals surface area contributed by atoms with Crippen molar-refractivity contribution in [1.29, 1.82) is 5.41 Å². The van der Waals surface area contributed by atoms with Gasteiger partial charge in [0.1, 0.15) is 29.5 Å². The third-order valence-corrected chi connectivity index (χ3v) is 9.38. The Bertz CT molecular complexity index is 1710. The van der Waals surface area contributed by atoms with Crippen molar-refractivity contribution in [1.82, 2.24) is 19.8 Å². The van der Waals surface area contributed by atoms with E-state index in [1.807, 2.05) is 48.2 Å². The molecular weight excluding hydrogens is 594 g/mol. The number of hydrogen-bond donors (Lipinski definition) is 3. The first-order valence-electron chi connectivity index (χ1n) is 15.9. The first-order chi connectivity index (χ1) is 22.7. The number of amidine groups is 1. The molecule has 47 heavy (non-hydrogen) atoms. The number of carbonyl (C=O) groups is 2. The molecule has 13 nitrogen and oxygen atoms in total. The van der Waals surface area contributed by atoms with E-state index in [4.69, 9.17) is 21.9 Å². The lowest BCUT2D eigenvalue weighted by molar-refractivity contribution is -0.133. The van der Waals surface area contributed by atoms with Crippen molar-refractivity contribution in [3.8, 4) is 0 Å². The molecule has 3 aliphatic rings. The van der Waals surface area contributed by atoms with E-state index in [0.29, 0.717) is 88.2 Å². The molecule has 0 radical (unpaired) electrons. The average Bonchev–Trinajstić information content (AvgIpc) is 3.65. The van der Waals surface area contributed by atoms with Gasteiger partial charge in [0, 0.05) is 63.6 Å². The Morgan fingerprint density at radius 3 is 2.38 bits per heavy atom. The first kappa shape index (κ1) is 31.8. The molecule has 6 rings (SSSR count). The minimum Gasteiger partial charge on any atom is -0.397 e. The van der Waals surface area contributed by atoms with Crippen LogP contribution in [0.25, 0.3) is 0 Å². The van der Waals surface area contributed by atoms with Crippen LogP contribution in [0.1, 0.15) is 35.2 Å². The summed E-state index contributed by atoms with van der Waals surface area (Å²) in [4.78, 5) is 52.2. The number of nitrogens with zero attached hydrogens (tertiary/aromatic N) is 8. The van der Waals surface area contributed by atoms with E-state index < -0.39 is 5.41 Å². The summed E-state index contributed by atoms with van der Waals surface area (Å²) < 4.78 is 0. The molecule has 3 fully saturated rings. The number of pyridine rings is 2. The summed E-state index contributed by atoms with van der Waals surface area (Å²) >= 11 is 0. The molecule has 0 saturated carbocycles. The summed E-state index contributed by atoms with van der Waals surface area (Å²) in [7, 11) is 1.63. The van der Waals surface area contributed by atoms with Gasteiger partial charge in [0.25, 0.3) is 0 Å². The molecule has 3 aliphatic heterocycles. The van der Waals surface area contributed by atoms with Gasteiger partial charge in [-0.1, -0.05) is 29.8 Å². The molecule has 3 saturated heterocycles. The van der Waals surface area contributed by atoms with E-state index in [9.17, 15) is 9.59 Å². The van der Waals surface area contributed by atoms with E-state index >= 15 is 0 Å². The second kappa shape index (κ2) is 13.3. The van der Waals surface area contributed by atoms with Crippen LogP contribution in [0.3, 0.4) is 0 Å². The maximum atomic E-state index is 13.9. The van der Waals surface area contributed by atoms with Crippen LogP contribution in [-0.2, 0) is 9.59 Å². The number of amides is 2. The second-order valence-corrected chi connectivity index (χ2v) is 12.5. The number of piperazine rings is 1. The number of nitrogen functional groups attached to an aromatic ring is 1. The number of carbonyl (C=O) groups excluding carboxylic acids is 2. The molecule has 2 aromatic heterocycles. The van der Waals surface area contributed by atoms with Gasteiger partial charge >= 0.3 is 0 Å². The molecule has 244 valence electrons. The van der Waals surface area contributed by atoms with Crippen LogP contribution in [0.4, 0.5) is 17.3 Å². The average molecular weight is 636 g/mol. The summed E-state index contributed by atoms with van der Waals surface area (Å²) in [5, 5.41) is 8.73. The zero-order valence-electron chi connectivity index (χ0n) is 26.9. The second-order valence-electron chi connectivity index (χ2n) is 12.5. The smallest absolute Gasteiger partial charge is 0.236 e. The Labute approximate surface area is 274 Å². The van der Waals surface area contributed by atoms with Crippen LogP contribution < -0.4 is 21.3 Å². The number of nitrogens with one attached hydrogen (secondary N) is 1. The highest BCUT2D eigenvalue weighted by atomic mass is 16.2. The van der Waals surface area contributed by atoms with Crippen molar-refractivity contribution in [2.24, 2.45) is 21.1 Å². The van der Waals surface area contributed by atoms with Crippen LogP contribution in [-0.4, -0.2) is 109 Å². The lowest BCUT2D eigenvalue weighted by Crippen LogP contribution is -2.51. The minimum atomic E-state index is -0.540. The predicted octanol–water partition coefficient (Wildman–Crippen LogP) is 1.92. The van der Waals surface area contributed by atoms with Crippen LogP contribution in [0, 0.1) is 17.7 Å². The van der Waals surface area contributed by atoms with E-state index in [1.54, 1.807) is 30.3 Å². The largest absolute Gasteiger partial charge is 0.397 e. The van der Waals surface area contributed by atoms with Crippen LogP contribution in [0.2, 0.25) is 0 Å². The highest BCUT2D eigenvalue weighted by molar-refractivity contribution is 6.13. The van der Waals surface area contributed by atoms with E-state index in [0.717, 1.165) is 22.5 Å². The van der Waals surface area contributed by atoms with Crippen molar-refractivity contribution < 1.29 is 9.59 Å². The van der Waals surface area contributed by atoms with E-state index in [-0.39, 0.29) is 17.5 Å². The molecule has 0 unspecified atom stereocenters. The number of anilines is 3. The molecule has 3 aromatic rings. The fraction of sp³-hybridized carbons (Fsp3) is 0.382. The van der Waals surface area contributed by atoms with Crippen molar-refractivity contribution in [2.75, 3.05) is 74.9 Å². The third-order valence-electron chi connectivity index (χ3n) is 9.38. The molecule has 0 bridgehead atoms. The van der Waals surface area contributed by atoms with Gasteiger partial charge in [-0.3, -0.25) is 29.8 Å². The number of aliphatic imine (C=N–C) groups is 2. The van der Waals surface area contributed by atoms with Gasteiger partial charge in [-0.25, -0.2) is 15.0 Å². The Kier molecular flexibility index (Phi) is 8.99. The van der Waals surface area contributed by atoms with E-state index in [2.05, 4.69) is 24.8 Å². The maximum Gasteiger partial charge on any atom is 0.236 e. The molecule has 2 amide bonds. The van der Waals surface area contributed by atoms with Gasteiger partial charge < -0.3 is 21.3 Å². The fourth-order valence-electron chi connectivity index (χ4n) is 6.57. The Hall–Kier alpha value is -5.17. The molecule has 1 atom stereocenters. The zero-order valence-corrected chi connectivity index (χ0v) is 26.9. The monoisotopic (exact) mass is 635 g/mol. The summed E-state index contributed by atoms with van der Waals surface area (Å²) in [5.41, 5.74) is 15.2. The highest BCUT2D eigenvalue weighted by Crippen LogP contribution is 2.42. The van der Waals surface area contributed by atoms with Gasteiger partial charge in [0.05, 0.1) is 23.4 Å². The molecule has 13 heteroatoms. The van der Waals surface area contributed by atoms with Crippen molar-refractivity contribution >= 4 is 47.0 Å². The SMILES string of the molecule is CN=CN=C(N)c1ccc(N2CCN(C(=O)CN3CC[C@]4(CCN(c5ccc(N)c(C(=N)c6ccc(C)cc6)n5)C4=O)C3)CC2)nc1. The van der Waals surface area contributed by atoms with Gasteiger partial charge in [0.15, 0.2) is 0 Å². The molecular formula is C34H41N11O2. The lowest BCUT2D eigenvalue weighted by atomic mass is 9.85. The quantitative estimate of drug-likeness (QED) is 0.249. The normalized spacial score (nSPS) is 20.6. The maximum absolute atomic E-state index is 13.9. The van der Waals surface area contributed by atoms with Crippen LogP contribution in [0.15, 0.2) is 64.7 Å². The Balaban J connectivity index is 1.03. The number of nitrogens with two attached hydrogens (primary N) is 2. The molecule has 1 spiro atoms. The van der Waals surface area contributed by atoms with Gasteiger partial charge in [0.2, 0.25) is 11.8 Å². The number of benzene rings is 1. The number of hydrogen-bond acceptors (Lipinski definition) is 9. The Morgan fingerprint density at radius 1 is 0.979 bits per heavy atom. The Morgan fingerprint density at radius 2 is 1.68 bits per heavy atom. The van der Waals surface area contributed by atoms with Crippen LogP contribution >= 0.6 is 0 Å². The van der Waals surface area contributed by atoms with E-state index in [1.165, 1.54) is 6.34 Å². The molecule has 0 aliphatic carbocycles. The molecule has 5 N–H and O–H groups in total. The molecule has 5 heterocycles. The summed E-state index contributed by atoms with van der Waals surface area (Å²) in [6.07, 6.45) is 4.49. The number of likely N-dealkylation sites (tertiary alicyclic amines) is 1. The summed E-state index contributed by atoms with van der Waals surface area (Å²) in [6.45, 7) is 6.63. The lowest BCUT2D eigenvalue weighted by Gasteiger charge is -2.36. The van der Waals surface area contributed by atoms with Crippen molar-refractivity contribution in [3.05, 3.63) is 77.1 Å². The topological polar surface area (TPSA) is 173 Å². The predicted molar refractivity (Wildman–Crippen MR) is 184 cm³/mol. The van der Waals surface area contributed by atoms with Crippen LogP contribution in [0.5, 0.6) is 0 Å². The number of aryl methyl sites for hydroxylation is 1. The fourth-order valence-corrected chi connectivity index (χ4v) is 6.57. The highest BCUT2D eigenvalue weighted by Gasteiger charge is 2.51. The van der Waals surface area contributed by atoms with Gasteiger partial charge in [-0.05, 0) is 50.6 Å². The minimum absolute atomic E-state index is 0.0243. The van der Waals surface area contributed by atoms with Crippen molar-refractivity contribution in [3.63, 3.8) is 0 Å². The third kappa shape index (κ3) is 6.57. The van der Waals surface area contributed by atoms with Gasteiger partial charge in [-0.15, -0.1) is 0 Å². The standard InChI is InChI=1S/C34H41N11O2/c1-23-3-5-24(6-4-23)30(36)31-26(35)8-10-28(41-31)45-14-12-34(33(45)47)11-13-42(21-34)20-29(46)44-17-15-43(16-18-44)27-9-7-25(19-39-27)32(37)40-22-38-2/h3-10,19,22,36H,11-18,20-21,35H2,1-2H3,(H2,37,38,40)/t34-/m0/s1. The first-order valence-corrected chi connectivity index (χ1v) is 15.9. The molecule has 1 aromatic carbocycles. The number of aromatic nitrogens is 2. The van der Waals surface area contributed by atoms with Crippen molar-refractivity contribution in [2.45, 2.75) is 19.8 Å². The number of rotatable bonds is 8. The zero-order chi connectivity index (χ0) is 33.1. The summed E-state index contributed by atoms with van der Waals surface area (Å²) in [6, 6.07) is 14.9.